The number of aliphatic hydroxyl groups excluding tert-OH is 2. The molecule has 0 aromatic carbocycles. The van der Waals surface area contributed by atoms with Crippen molar-refractivity contribution in [3.63, 3.8) is 0 Å². The summed E-state index contributed by atoms with van der Waals surface area (Å²) < 4.78 is 0. The first-order chi connectivity index (χ1) is 14.5. The lowest BCUT2D eigenvalue weighted by molar-refractivity contribution is -0.0503. The first-order valence-electron chi connectivity index (χ1n) is 11.4. The van der Waals surface area contributed by atoms with Gasteiger partial charge in [0.25, 0.3) is 5.91 Å². The fraction of sp³-hybridized carbons (Fsp3) is 0.739. The highest BCUT2D eigenvalue weighted by Crippen LogP contribution is 2.59. The zero-order valence-corrected chi connectivity index (χ0v) is 18.3. The van der Waals surface area contributed by atoms with Gasteiger partial charge in [-0.25, -0.2) is 0 Å². The van der Waals surface area contributed by atoms with Crippen LogP contribution < -0.4 is 10.6 Å². The van der Waals surface area contributed by atoms with Crippen molar-refractivity contribution >= 4 is 17.5 Å². The summed E-state index contributed by atoms with van der Waals surface area (Å²) in [6, 6.07) is 1.81. The van der Waals surface area contributed by atoms with Crippen LogP contribution in [0.15, 0.2) is 12.3 Å². The molecule has 1 atom stereocenters. The Hall–Kier alpha value is -1.21. The zero-order valence-electron chi connectivity index (χ0n) is 17.6. The highest BCUT2D eigenvalue weighted by molar-refractivity contribution is 6.33. The highest BCUT2D eigenvalue weighted by atomic mass is 35.5. The highest BCUT2D eigenvalue weighted by Gasteiger charge is 2.50. The number of nitrogens with one attached hydrogen (secondary N) is 2. The first kappa shape index (κ1) is 22.0. The number of carbonyl (C=O) groups is 1. The molecule has 4 N–H and O–H groups in total. The van der Waals surface area contributed by atoms with Crippen LogP contribution in [0.25, 0.3) is 0 Å². The van der Waals surface area contributed by atoms with E-state index in [1.807, 2.05) is 0 Å². The second-order valence-electron chi connectivity index (χ2n) is 9.90. The lowest BCUT2D eigenvalue weighted by Crippen LogP contribution is -2.51. The Bertz CT molecular complexity index is 722. The van der Waals surface area contributed by atoms with Crippen LogP contribution in [0.3, 0.4) is 0 Å². The first-order valence-corrected chi connectivity index (χ1v) is 11.8. The van der Waals surface area contributed by atoms with Crippen molar-refractivity contribution in [1.82, 2.24) is 15.6 Å². The van der Waals surface area contributed by atoms with Crippen LogP contribution in [0.5, 0.6) is 0 Å². The molecule has 1 amide bonds. The molecule has 1 aromatic rings. The van der Waals surface area contributed by atoms with Gasteiger partial charge in [0, 0.05) is 25.0 Å². The fourth-order valence-corrected chi connectivity index (χ4v) is 6.58. The molecule has 0 spiro atoms. The molecular weight excluding hydrogens is 402 g/mol. The summed E-state index contributed by atoms with van der Waals surface area (Å²) in [6.07, 6.45) is 10.4. The van der Waals surface area contributed by atoms with Gasteiger partial charge in [-0.2, -0.15) is 0 Å². The van der Waals surface area contributed by atoms with Crippen LogP contribution in [0.4, 0.5) is 0 Å². The Morgan fingerprint density at radius 1 is 1.23 bits per heavy atom. The normalized spacial score (nSPS) is 30.4. The summed E-state index contributed by atoms with van der Waals surface area (Å²) in [5, 5.41) is 24.8. The van der Waals surface area contributed by atoms with E-state index in [0.717, 1.165) is 36.4 Å². The summed E-state index contributed by atoms with van der Waals surface area (Å²) in [6.45, 7) is 1.59. The number of aliphatic hydroxyl groups is 2. The van der Waals surface area contributed by atoms with Gasteiger partial charge in [0.15, 0.2) is 0 Å². The second-order valence-corrected chi connectivity index (χ2v) is 10.3. The van der Waals surface area contributed by atoms with E-state index in [2.05, 4.69) is 15.6 Å². The van der Waals surface area contributed by atoms with Crippen LogP contribution in [-0.4, -0.2) is 53.4 Å². The topological polar surface area (TPSA) is 94.5 Å². The summed E-state index contributed by atoms with van der Waals surface area (Å²) in [5.74, 6) is 2.52. The van der Waals surface area contributed by atoms with E-state index in [-0.39, 0.29) is 12.5 Å². The molecular formula is C23H34ClN3O3. The smallest absolute Gasteiger partial charge is 0.252 e. The number of aryl methyl sites for hydroxylation is 1. The maximum atomic E-state index is 12.9. The second kappa shape index (κ2) is 9.51. The average Bonchev–Trinajstić information content (AvgIpc) is 2.71. The van der Waals surface area contributed by atoms with Crippen molar-refractivity contribution in [2.45, 2.75) is 57.5 Å². The number of halogens is 1. The standard InChI is InChI=1S/C23H34ClN3O3/c24-21-12-26-18(2-1-3-25-11-19(29)13-28)7-20(21)22(30)27-14-23-8-15-4-16(9-23)6-17(5-15)10-23/h7,12,15-17,19,25,28-29H,1-6,8-11,13-14H2,(H,27,30)/t15?,16?,17?,19-,23?/m0/s1. The van der Waals surface area contributed by atoms with E-state index >= 15 is 0 Å². The van der Waals surface area contributed by atoms with Crippen molar-refractivity contribution < 1.29 is 15.0 Å². The molecule has 4 bridgehead atoms. The summed E-state index contributed by atoms with van der Waals surface area (Å²) in [5.41, 5.74) is 1.65. The third-order valence-corrected chi connectivity index (χ3v) is 7.62. The number of pyridine rings is 1. The number of carbonyl (C=O) groups excluding carboxylic acids is 1. The molecule has 7 heteroatoms. The summed E-state index contributed by atoms with van der Waals surface area (Å²) >= 11 is 6.29. The van der Waals surface area contributed by atoms with Crippen LogP contribution in [0.1, 0.15) is 61.0 Å². The number of rotatable bonds is 10. The van der Waals surface area contributed by atoms with E-state index in [0.29, 0.717) is 35.5 Å². The van der Waals surface area contributed by atoms with Crippen molar-refractivity contribution in [3.8, 4) is 0 Å². The van der Waals surface area contributed by atoms with Crippen LogP contribution in [0, 0.1) is 23.2 Å². The van der Waals surface area contributed by atoms with Crippen LogP contribution >= 0.6 is 11.6 Å². The molecule has 0 aliphatic heterocycles. The predicted molar refractivity (Wildman–Crippen MR) is 116 cm³/mol. The maximum absolute atomic E-state index is 12.9. The van der Waals surface area contributed by atoms with E-state index < -0.39 is 6.10 Å². The van der Waals surface area contributed by atoms with Gasteiger partial charge in [-0.1, -0.05) is 11.6 Å². The number of aromatic nitrogens is 1. The van der Waals surface area contributed by atoms with Gasteiger partial charge in [0.1, 0.15) is 0 Å². The van der Waals surface area contributed by atoms with Crippen molar-refractivity contribution in [3.05, 3.63) is 28.5 Å². The quantitative estimate of drug-likeness (QED) is 0.424. The minimum atomic E-state index is -0.733. The Morgan fingerprint density at radius 3 is 2.53 bits per heavy atom. The Morgan fingerprint density at radius 2 is 1.90 bits per heavy atom. The average molecular weight is 436 g/mol. The van der Waals surface area contributed by atoms with Gasteiger partial charge in [0.05, 0.1) is 23.3 Å². The fourth-order valence-electron chi connectivity index (χ4n) is 6.39. The molecule has 1 heterocycles. The number of hydrogen-bond donors (Lipinski definition) is 4. The summed E-state index contributed by atoms with van der Waals surface area (Å²) in [7, 11) is 0. The van der Waals surface area contributed by atoms with Crippen molar-refractivity contribution in [2.24, 2.45) is 23.2 Å². The molecule has 4 saturated carbocycles. The SMILES string of the molecule is O=C(NCC12CC3CC(CC(C3)C1)C2)c1cc(CCCNC[C@H](O)CO)ncc1Cl. The lowest BCUT2D eigenvalue weighted by atomic mass is 9.49. The van der Waals surface area contributed by atoms with Gasteiger partial charge in [-0.15, -0.1) is 0 Å². The summed E-state index contributed by atoms with van der Waals surface area (Å²) in [4.78, 5) is 17.3. The van der Waals surface area contributed by atoms with Gasteiger partial charge in [0.2, 0.25) is 0 Å². The lowest BCUT2D eigenvalue weighted by Gasteiger charge is -2.56. The molecule has 6 nitrogen and oxygen atoms in total. The molecule has 30 heavy (non-hydrogen) atoms. The monoisotopic (exact) mass is 435 g/mol. The molecule has 0 radical (unpaired) electrons. The maximum Gasteiger partial charge on any atom is 0.252 e. The molecule has 4 aliphatic rings. The van der Waals surface area contributed by atoms with Crippen molar-refractivity contribution in [1.29, 1.82) is 0 Å². The molecule has 0 unspecified atom stereocenters. The largest absolute Gasteiger partial charge is 0.394 e. The molecule has 0 saturated heterocycles. The third-order valence-electron chi connectivity index (χ3n) is 7.32. The Kier molecular flexibility index (Phi) is 6.98. The van der Waals surface area contributed by atoms with E-state index in [9.17, 15) is 9.90 Å². The molecule has 4 fully saturated rings. The van der Waals surface area contributed by atoms with Crippen LogP contribution in [-0.2, 0) is 6.42 Å². The van der Waals surface area contributed by atoms with Crippen LogP contribution in [0.2, 0.25) is 5.02 Å². The number of nitrogens with zero attached hydrogens (tertiary/aromatic N) is 1. The van der Waals surface area contributed by atoms with Gasteiger partial charge < -0.3 is 20.8 Å². The predicted octanol–water partition coefficient (Wildman–Crippen LogP) is 2.56. The number of hydrogen-bond acceptors (Lipinski definition) is 5. The van der Waals surface area contributed by atoms with E-state index in [4.69, 9.17) is 16.7 Å². The van der Waals surface area contributed by atoms with Crippen molar-refractivity contribution in [2.75, 3.05) is 26.2 Å². The zero-order chi connectivity index (χ0) is 21.1. The molecule has 166 valence electrons. The van der Waals surface area contributed by atoms with E-state index in [1.165, 1.54) is 38.5 Å². The molecule has 5 rings (SSSR count). The Labute approximate surface area is 183 Å². The minimum absolute atomic E-state index is 0.0939. The minimum Gasteiger partial charge on any atom is -0.394 e. The number of amides is 1. The molecule has 1 aromatic heterocycles. The third kappa shape index (κ3) is 5.16. The van der Waals surface area contributed by atoms with Gasteiger partial charge in [-0.3, -0.25) is 9.78 Å². The molecule has 4 aliphatic carbocycles. The van der Waals surface area contributed by atoms with E-state index in [1.54, 1.807) is 12.3 Å². The Balaban J connectivity index is 1.29. The van der Waals surface area contributed by atoms with Gasteiger partial charge in [-0.05, 0) is 87.1 Å². The van der Waals surface area contributed by atoms with Gasteiger partial charge >= 0.3 is 0 Å².